The van der Waals surface area contributed by atoms with Gasteiger partial charge in [0.2, 0.25) is 0 Å². The zero-order valence-corrected chi connectivity index (χ0v) is 9.47. The third kappa shape index (κ3) is 6.58. The molecule has 1 N–H and O–H groups in total. The highest BCUT2D eigenvalue weighted by atomic mass is 16.5. The molecule has 0 aromatic heterocycles. The molecule has 3 nitrogen and oxygen atoms in total. The van der Waals surface area contributed by atoms with Crippen LogP contribution >= 0.6 is 0 Å². The van der Waals surface area contributed by atoms with Gasteiger partial charge in [-0.3, -0.25) is 10.1 Å². The fourth-order valence-electron chi connectivity index (χ4n) is 1.04. The first-order valence-corrected chi connectivity index (χ1v) is 4.70. The van der Waals surface area contributed by atoms with E-state index in [0.29, 0.717) is 0 Å². The van der Waals surface area contributed by atoms with Crippen molar-refractivity contribution in [1.82, 2.24) is 5.32 Å². The number of esters is 1. The van der Waals surface area contributed by atoms with Gasteiger partial charge in [-0.25, -0.2) is 0 Å². The highest BCUT2D eigenvalue weighted by molar-refractivity contribution is 5.75. The van der Waals surface area contributed by atoms with Crippen LogP contribution in [0.25, 0.3) is 0 Å². The minimum absolute atomic E-state index is 0.0447. The topological polar surface area (TPSA) is 38.3 Å². The van der Waals surface area contributed by atoms with E-state index in [-0.39, 0.29) is 23.7 Å². The Bertz CT molecular complexity index is 170. The molecule has 0 aromatic carbocycles. The van der Waals surface area contributed by atoms with Gasteiger partial charge in [0, 0.05) is 5.54 Å². The lowest BCUT2D eigenvalue weighted by Gasteiger charge is -2.25. The van der Waals surface area contributed by atoms with Crippen LogP contribution in [-0.4, -0.2) is 23.7 Å². The summed E-state index contributed by atoms with van der Waals surface area (Å²) in [5, 5.41) is 3.15. The van der Waals surface area contributed by atoms with E-state index >= 15 is 0 Å². The van der Waals surface area contributed by atoms with Gasteiger partial charge in [-0.1, -0.05) is 0 Å². The zero-order chi connectivity index (χ0) is 10.6. The number of ether oxygens (including phenoxy) is 1. The molecule has 0 aliphatic carbocycles. The molecule has 0 aliphatic rings. The predicted molar refractivity (Wildman–Crippen MR) is 53.6 cm³/mol. The summed E-state index contributed by atoms with van der Waals surface area (Å²) < 4.78 is 5.06. The molecular weight excluding hydrogens is 166 g/mol. The molecule has 78 valence electrons. The summed E-state index contributed by atoms with van der Waals surface area (Å²) in [4.78, 5) is 11.3. The Balaban J connectivity index is 3.97. The van der Waals surface area contributed by atoms with Crippen LogP contribution in [0.5, 0.6) is 0 Å². The SMILES string of the molecule is CC(C)OC(=O)[C@H](C)NC(C)(C)C. The van der Waals surface area contributed by atoms with E-state index in [1.54, 1.807) is 0 Å². The van der Waals surface area contributed by atoms with Crippen molar-refractivity contribution in [2.45, 2.75) is 59.2 Å². The molecule has 0 heterocycles. The van der Waals surface area contributed by atoms with Crippen molar-refractivity contribution < 1.29 is 9.53 Å². The van der Waals surface area contributed by atoms with Gasteiger partial charge in [0.05, 0.1) is 6.10 Å². The normalized spacial score (nSPS) is 14.4. The average molecular weight is 187 g/mol. The van der Waals surface area contributed by atoms with E-state index in [2.05, 4.69) is 5.32 Å². The molecule has 0 unspecified atom stereocenters. The van der Waals surface area contributed by atoms with Crippen LogP contribution in [0.3, 0.4) is 0 Å². The minimum atomic E-state index is -0.248. The van der Waals surface area contributed by atoms with Crippen LogP contribution in [0, 0.1) is 0 Å². The molecule has 0 aliphatic heterocycles. The maximum Gasteiger partial charge on any atom is 0.323 e. The summed E-state index contributed by atoms with van der Waals surface area (Å²) in [6.07, 6.45) is -0.0447. The number of hydrogen-bond acceptors (Lipinski definition) is 3. The Kier molecular flexibility index (Phi) is 4.40. The third-order valence-electron chi connectivity index (χ3n) is 1.35. The van der Waals surface area contributed by atoms with Crippen molar-refractivity contribution in [2.24, 2.45) is 0 Å². The molecule has 0 spiro atoms. The van der Waals surface area contributed by atoms with Gasteiger partial charge in [-0.05, 0) is 41.5 Å². The summed E-state index contributed by atoms with van der Waals surface area (Å²) >= 11 is 0. The molecule has 0 aromatic rings. The standard InChI is InChI=1S/C10H21NO2/c1-7(2)13-9(12)8(3)11-10(4,5)6/h7-8,11H,1-6H3/t8-/m0/s1. The van der Waals surface area contributed by atoms with Crippen LogP contribution in [-0.2, 0) is 9.53 Å². The number of rotatable bonds is 3. The van der Waals surface area contributed by atoms with Crippen LogP contribution in [0.1, 0.15) is 41.5 Å². The van der Waals surface area contributed by atoms with Gasteiger partial charge in [0.15, 0.2) is 0 Å². The Labute approximate surface area is 80.8 Å². The summed E-state index contributed by atoms with van der Waals surface area (Å²) in [6, 6.07) is -0.248. The monoisotopic (exact) mass is 187 g/mol. The smallest absolute Gasteiger partial charge is 0.323 e. The van der Waals surface area contributed by atoms with Crippen LogP contribution in [0.2, 0.25) is 0 Å². The molecular formula is C10H21NO2. The van der Waals surface area contributed by atoms with E-state index in [0.717, 1.165) is 0 Å². The first-order valence-electron chi connectivity index (χ1n) is 4.70. The lowest BCUT2D eigenvalue weighted by Crippen LogP contribution is -2.47. The van der Waals surface area contributed by atoms with E-state index in [4.69, 9.17) is 4.74 Å². The number of nitrogens with one attached hydrogen (secondary N) is 1. The average Bonchev–Trinajstić information content (AvgIpc) is 1.81. The molecule has 13 heavy (non-hydrogen) atoms. The summed E-state index contributed by atoms with van der Waals surface area (Å²) in [6.45, 7) is 11.6. The highest BCUT2D eigenvalue weighted by Gasteiger charge is 2.20. The molecule has 3 heteroatoms. The Morgan fingerprint density at radius 2 is 1.69 bits per heavy atom. The second-order valence-electron chi connectivity index (χ2n) is 4.60. The second-order valence-corrected chi connectivity index (χ2v) is 4.60. The first kappa shape index (κ1) is 12.4. The third-order valence-corrected chi connectivity index (χ3v) is 1.35. The van der Waals surface area contributed by atoms with Crippen molar-refractivity contribution in [1.29, 1.82) is 0 Å². The van der Waals surface area contributed by atoms with Gasteiger partial charge in [-0.15, -0.1) is 0 Å². The molecule has 0 fully saturated rings. The van der Waals surface area contributed by atoms with Gasteiger partial charge in [0.25, 0.3) is 0 Å². The summed E-state index contributed by atoms with van der Waals surface area (Å²) in [5.41, 5.74) is -0.0601. The van der Waals surface area contributed by atoms with E-state index in [1.165, 1.54) is 0 Å². The van der Waals surface area contributed by atoms with Crippen molar-refractivity contribution >= 4 is 5.97 Å². The lowest BCUT2D eigenvalue weighted by atomic mass is 10.1. The molecule has 0 radical (unpaired) electrons. The number of carbonyl (C=O) groups excluding carboxylic acids is 1. The summed E-state index contributed by atoms with van der Waals surface area (Å²) in [5.74, 6) is -0.190. The van der Waals surface area contributed by atoms with Crippen LogP contribution < -0.4 is 5.32 Å². The van der Waals surface area contributed by atoms with Gasteiger partial charge >= 0.3 is 5.97 Å². The Hall–Kier alpha value is -0.570. The molecule has 0 amide bonds. The van der Waals surface area contributed by atoms with Crippen LogP contribution in [0.4, 0.5) is 0 Å². The largest absolute Gasteiger partial charge is 0.462 e. The van der Waals surface area contributed by atoms with E-state index < -0.39 is 0 Å². The Morgan fingerprint density at radius 3 is 2.00 bits per heavy atom. The predicted octanol–water partition coefficient (Wildman–Crippen LogP) is 1.71. The highest BCUT2D eigenvalue weighted by Crippen LogP contribution is 2.03. The second kappa shape index (κ2) is 4.61. The fourth-order valence-corrected chi connectivity index (χ4v) is 1.04. The Morgan fingerprint density at radius 1 is 1.23 bits per heavy atom. The molecule has 0 saturated carbocycles. The molecule has 0 rings (SSSR count). The molecule has 1 atom stereocenters. The van der Waals surface area contributed by atoms with Crippen molar-refractivity contribution in [3.63, 3.8) is 0 Å². The van der Waals surface area contributed by atoms with Crippen LogP contribution in [0.15, 0.2) is 0 Å². The number of hydrogen-bond donors (Lipinski definition) is 1. The van der Waals surface area contributed by atoms with E-state index in [9.17, 15) is 4.79 Å². The first-order chi connectivity index (χ1) is 5.72. The van der Waals surface area contributed by atoms with Crippen molar-refractivity contribution in [3.8, 4) is 0 Å². The van der Waals surface area contributed by atoms with E-state index in [1.807, 2.05) is 41.5 Å². The zero-order valence-electron chi connectivity index (χ0n) is 9.47. The maximum absolute atomic E-state index is 11.3. The lowest BCUT2D eigenvalue weighted by molar-refractivity contribution is -0.150. The fraction of sp³-hybridized carbons (Fsp3) is 0.900. The number of carbonyl (C=O) groups is 1. The maximum atomic E-state index is 11.3. The van der Waals surface area contributed by atoms with Gasteiger partial charge < -0.3 is 4.74 Å². The van der Waals surface area contributed by atoms with Gasteiger partial charge in [0.1, 0.15) is 6.04 Å². The van der Waals surface area contributed by atoms with Crippen molar-refractivity contribution in [2.75, 3.05) is 0 Å². The molecule has 0 saturated heterocycles. The van der Waals surface area contributed by atoms with Crippen molar-refractivity contribution in [3.05, 3.63) is 0 Å². The molecule has 0 bridgehead atoms. The summed E-state index contributed by atoms with van der Waals surface area (Å²) in [7, 11) is 0. The minimum Gasteiger partial charge on any atom is -0.462 e. The quantitative estimate of drug-likeness (QED) is 0.684. The van der Waals surface area contributed by atoms with Gasteiger partial charge in [-0.2, -0.15) is 0 Å².